The highest BCUT2D eigenvalue weighted by molar-refractivity contribution is 5.99. The molecule has 39 heavy (non-hydrogen) atoms. The molecule has 2 amide bonds. The lowest BCUT2D eigenvalue weighted by Gasteiger charge is -2.45. The average molecular weight is 537 g/mol. The van der Waals surface area contributed by atoms with Gasteiger partial charge < -0.3 is 24.4 Å². The Kier molecular flexibility index (Phi) is 7.00. The number of aliphatic hydroxyl groups is 1. The fourth-order valence-corrected chi connectivity index (χ4v) is 7.35. The van der Waals surface area contributed by atoms with E-state index >= 15 is 0 Å². The number of aliphatic hydroxyl groups excluding tert-OH is 1. The van der Waals surface area contributed by atoms with Gasteiger partial charge in [-0.2, -0.15) is 0 Å². The lowest BCUT2D eigenvalue weighted by atomic mass is 9.77. The van der Waals surface area contributed by atoms with Crippen molar-refractivity contribution in [2.45, 2.75) is 76.8 Å². The van der Waals surface area contributed by atoms with Crippen LogP contribution in [0.2, 0.25) is 0 Å². The van der Waals surface area contributed by atoms with E-state index in [0.717, 1.165) is 6.42 Å². The maximum absolute atomic E-state index is 14.7. The highest BCUT2D eigenvalue weighted by Crippen LogP contribution is 2.55. The van der Waals surface area contributed by atoms with Crippen LogP contribution in [0.1, 0.15) is 59.1 Å². The first-order chi connectivity index (χ1) is 18.4. The van der Waals surface area contributed by atoms with Gasteiger partial charge in [-0.15, -0.1) is 0 Å². The molecule has 4 aliphatic rings. The maximum Gasteiger partial charge on any atom is 0.312 e. The van der Waals surface area contributed by atoms with Crippen LogP contribution < -0.4 is 0 Å². The standard InChI is InChI=1S/C31H40N2O6/c1-29(2,3)19-30(4,5)32-16-11-15-31-24(23-22(39-31)14-9-10-17-38-28(23)37)26(35)33(25(31)27(32)36)21(18-34)20-12-7-6-8-13-20/h6-9,11-15,21-25,34H,10,16-19H2,1-5H3/t21-,22-,23+,24+,25?,31+/m1/s1. The zero-order valence-corrected chi connectivity index (χ0v) is 23.5. The Morgan fingerprint density at radius 3 is 2.44 bits per heavy atom. The third kappa shape index (κ3) is 4.61. The Labute approximate surface area is 230 Å². The van der Waals surface area contributed by atoms with Crippen molar-refractivity contribution in [2.75, 3.05) is 19.8 Å². The normalized spacial score (nSPS) is 31.7. The number of fused-ring (bicyclic) bond motifs is 2. The predicted molar refractivity (Wildman–Crippen MR) is 145 cm³/mol. The van der Waals surface area contributed by atoms with E-state index in [9.17, 15) is 19.5 Å². The molecule has 0 bridgehead atoms. The second kappa shape index (κ2) is 9.89. The minimum Gasteiger partial charge on any atom is -0.465 e. The molecule has 0 saturated carbocycles. The van der Waals surface area contributed by atoms with Gasteiger partial charge in [-0.25, -0.2) is 0 Å². The highest BCUT2D eigenvalue weighted by atomic mass is 16.6. The quantitative estimate of drug-likeness (QED) is 0.458. The summed E-state index contributed by atoms with van der Waals surface area (Å²) in [5.41, 5.74) is -1.24. The molecular formula is C31H40N2O6. The second-order valence-corrected chi connectivity index (χ2v) is 13.0. The highest BCUT2D eigenvalue weighted by Gasteiger charge is 2.73. The topological polar surface area (TPSA) is 96.4 Å². The number of rotatable bonds is 5. The number of hydrogen-bond acceptors (Lipinski definition) is 6. The minimum atomic E-state index is -1.37. The van der Waals surface area contributed by atoms with Crippen LogP contribution in [0, 0.1) is 17.3 Å². The first-order valence-electron chi connectivity index (χ1n) is 13.9. The van der Waals surface area contributed by atoms with Crippen molar-refractivity contribution in [1.82, 2.24) is 9.80 Å². The number of carbonyl (C=O) groups excluding carboxylic acids is 3. The Bertz CT molecular complexity index is 1190. The van der Waals surface area contributed by atoms with Crippen molar-refractivity contribution in [3.05, 3.63) is 60.2 Å². The molecule has 0 radical (unpaired) electrons. The number of cyclic esters (lactones) is 1. The van der Waals surface area contributed by atoms with Gasteiger partial charge in [-0.3, -0.25) is 14.4 Å². The van der Waals surface area contributed by atoms with E-state index in [1.54, 1.807) is 0 Å². The molecule has 1 N–H and O–H groups in total. The number of carbonyl (C=O) groups is 3. The predicted octanol–water partition coefficient (Wildman–Crippen LogP) is 3.42. The van der Waals surface area contributed by atoms with Gasteiger partial charge in [-0.05, 0) is 37.7 Å². The molecule has 2 fully saturated rings. The summed E-state index contributed by atoms with van der Waals surface area (Å²) < 4.78 is 12.2. The van der Waals surface area contributed by atoms with Gasteiger partial charge in [0.25, 0.3) is 0 Å². The van der Waals surface area contributed by atoms with Gasteiger partial charge in [-0.1, -0.05) is 75.4 Å². The number of ether oxygens (including phenoxy) is 2. The molecule has 8 heteroatoms. The third-order valence-corrected chi connectivity index (χ3v) is 8.45. The Balaban J connectivity index is 1.67. The van der Waals surface area contributed by atoms with Crippen molar-refractivity contribution < 1.29 is 29.0 Å². The number of benzene rings is 1. The van der Waals surface area contributed by atoms with E-state index in [0.29, 0.717) is 18.5 Å². The summed E-state index contributed by atoms with van der Waals surface area (Å²) in [7, 11) is 0. The molecule has 6 atom stereocenters. The summed E-state index contributed by atoms with van der Waals surface area (Å²) in [5, 5.41) is 10.6. The molecule has 0 aromatic heterocycles. The first-order valence-corrected chi connectivity index (χ1v) is 13.9. The van der Waals surface area contributed by atoms with Gasteiger partial charge in [0, 0.05) is 12.1 Å². The second-order valence-electron chi connectivity index (χ2n) is 13.0. The first kappa shape index (κ1) is 27.6. The minimum absolute atomic E-state index is 0.0489. The summed E-state index contributed by atoms with van der Waals surface area (Å²) in [5.74, 6) is -2.95. The van der Waals surface area contributed by atoms with Crippen LogP contribution >= 0.6 is 0 Å². The van der Waals surface area contributed by atoms with Gasteiger partial charge in [0.15, 0.2) is 0 Å². The van der Waals surface area contributed by atoms with Gasteiger partial charge in [0.05, 0.1) is 31.3 Å². The Hall–Kier alpha value is -2.97. The summed E-state index contributed by atoms with van der Waals surface area (Å²) in [6.45, 7) is 10.7. The number of hydrogen-bond donors (Lipinski definition) is 1. The number of likely N-dealkylation sites (tertiary alicyclic amines) is 1. The van der Waals surface area contributed by atoms with Crippen molar-refractivity contribution in [3.8, 4) is 0 Å². The molecule has 5 rings (SSSR count). The van der Waals surface area contributed by atoms with Crippen LogP contribution in [0.3, 0.4) is 0 Å². The van der Waals surface area contributed by atoms with Crippen LogP contribution in [0.25, 0.3) is 0 Å². The molecule has 4 heterocycles. The number of esters is 1. The average Bonchev–Trinajstić information content (AvgIpc) is 3.22. The van der Waals surface area contributed by atoms with Crippen molar-refractivity contribution in [2.24, 2.45) is 17.3 Å². The Morgan fingerprint density at radius 1 is 1.05 bits per heavy atom. The van der Waals surface area contributed by atoms with Crippen LogP contribution in [-0.4, -0.2) is 75.7 Å². The molecular weight excluding hydrogens is 496 g/mol. The molecule has 1 aromatic rings. The van der Waals surface area contributed by atoms with Gasteiger partial charge in [0.1, 0.15) is 17.6 Å². The Morgan fingerprint density at radius 2 is 1.77 bits per heavy atom. The molecule has 1 unspecified atom stereocenters. The van der Waals surface area contributed by atoms with Gasteiger partial charge >= 0.3 is 5.97 Å². The lowest BCUT2D eigenvalue weighted by molar-refractivity contribution is -0.158. The van der Waals surface area contributed by atoms with Crippen LogP contribution in [0.4, 0.5) is 0 Å². The summed E-state index contributed by atoms with van der Waals surface area (Å²) in [6.07, 6.45) is 8.07. The molecule has 0 aliphatic carbocycles. The van der Waals surface area contributed by atoms with E-state index in [1.165, 1.54) is 4.90 Å². The van der Waals surface area contributed by atoms with E-state index in [1.807, 2.05) is 73.4 Å². The zero-order valence-electron chi connectivity index (χ0n) is 23.5. The van der Waals surface area contributed by atoms with Gasteiger partial charge in [0.2, 0.25) is 11.8 Å². The zero-order chi connectivity index (χ0) is 28.2. The fraction of sp³-hybridized carbons (Fsp3) is 0.581. The third-order valence-electron chi connectivity index (χ3n) is 8.45. The fourth-order valence-electron chi connectivity index (χ4n) is 7.35. The van der Waals surface area contributed by atoms with Crippen molar-refractivity contribution in [3.63, 3.8) is 0 Å². The lowest BCUT2D eigenvalue weighted by Crippen LogP contribution is -2.60. The molecule has 4 aliphatic heterocycles. The van der Waals surface area contributed by atoms with E-state index < -0.39 is 47.1 Å². The molecule has 210 valence electrons. The van der Waals surface area contributed by atoms with E-state index in [4.69, 9.17) is 9.47 Å². The number of nitrogens with zero attached hydrogens (tertiary/aromatic N) is 2. The van der Waals surface area contributed by atoms with Crippen molar-refractivity contribution >= 4 is 17.8 Å². The largest absolute Gasteiger partial charge is 0.465 e. The molecule has 1 spiro atoms. The van der Waals surface area contributed by atoms with Crippen LogP contribution in [0.5, 0.6) is 0 Å². The number of amides is 2. The monoisotopic (exact) mass is 536 g/mol. The smallest absolute Gasteiger partial charge is 0.312 e. The van der Waals surface area contributed by atoms with Crippen LogP contribution in [0.15, 0.2) is 54.6 Å². The maximum atomic E-state index is 14.7. The van der Waals surface area contributed by atoms with E-state index in [2.05, 4.69) is 20.8 Å². The molecule has 2 saturated heterocycles. The SMILES string of the molecule is CC(C)(C)CC(C)(C)N1CC=C[C@]23O[C@@H]4C=CCCOC(=O)[C@@H]4[C@H]2C(=O)N([C@H](CO)c2ccccc2)C3C1=O. The molecule has 8 nitrogen and oxygen atoms in total. The van der Waals surface area contributed by atoms with Crippen molar-refractivity contribution in [1.29, 1.82) is 0 Å². The van der Waals surface area contributed by atoms with Crippen LogP contribution in [-0.2, 0) is 23.9 Å². The molecule has 1 aromatic carbocycles. The summed E-state index contributed by atoms with van der Waals surface area (Å²) in [6, 6.07) is 7.38. The summed E-state index contributed by atoms with van der Waals surface area (Å²) >= 11 is 0. The summed E-state index contributed by atoms with van der Waals surface area (Å²) in [4.78, 5) is 45.8. The van der Waals surface area contributed by atoms with E-state index in [-0.39, 0.29) is 30.4 Å².